The van der Waals surface area contributed by atoms with Crippen molar-refractivity contribution in [2.45, 2.75) is 72.3 Å². The van der Waals surface area contributed by atoms with Gasteiger partial charge in [0.05, 0.1) is 38.6 Å². The van der Waals surface area contributed by atoms with Crippen LogP contribution in [0.5, 0.6) is 11.5 Å². The Hall–Kier alpha value is -4.55. The van der Waals surface area contributed by atoms with E-state index in [0.717, 1.165) is 22.9 Å². The van der Waals surface area contributed by atoms with Crippen LogP contribution in [0, 0.1) is 0 Å². The molecule has 0 aromatic heterocycles. The maximum Gasteiger partial charge on any atom is 0.338 e. The Bertz CT molecular complexity index is 1840. The average molecular weight is 803 g/mol. The minimum Gasteiger partial charge on any atom is -0.497 e. The first-order valence-electron chi connectivity index (χ1n) is 18.5. The van der Waals surface area contributed by atoms with Crippen molar-refractivity contribution in [3.05, 3.63) is 131 Å². The Morgan fingerprint density at radius 1 is 0.579 bits per heavy atom. The summed E-state index contributed by atoms with van der Waals surface area (Å²) < 4.78 is 60.2. The number of hydrogen-bond acceptors (Lipinski definition) is 15. The third-order valence-electron chi connectivity index (χ3n) is 10.1. The van der Waals surface area contributed by atoms with Crippen molar-refractivity contribution >= 4 is 23.7 Å². The molecule has 2 N–H and O–H groups in total. The number of carbonyl (C=O) groups excluding carboxylic acids is 2. The molecular formula is C42H42O14S. The molecule has 4 fully saturated rings. The molecule has 4 saturated heterocycles. The molecule has 4 aromatic rings. The molecule has 15 heteroatoms. The van der Waals surface area contributed by atoms with Crippen LogP contribution in [0.2, 0.25) is 0 Å². The monoisotopic (exact) mass is 802 g/mol. The van der Waals surface area contributed by atoms with E-state index in [-0.39, 0.29) is 24.3 Å². The number of fused-ring (bicyclic) bond motifs is 2. The number of benzene rings is 4. The Morgan fingerprint density at radius 2 is 1.00 bits per heavy atom. The molecule has 14 nitrogen and oxygen atoms in total. The Morgan fingerprint density at radius 3 is 1.40 bits per heavy atom. The summed E-state index contributed by atoms with van der Waals surface area (Å²) in [4.78, 5) is 27.2. The second-order valence-electron chi connectivity index (χ2n) is 13.8. The molecule has 0 unspecified atom stereocenters. The zero-order valence-electron chi connectivity index (χ0n) is 30.9. The lowest BCUT2D eigenvalue weighted by Crippen LogP contribution is -2.64. The van der Waals surface area contributed by atoms with Crippen LogP contribution < -0.4 is 9.47 Å². The fraction of sp³-hybridized carbons (Fsp3) is 0.381. The van der Waals surface area contributed by atoms with Gasteiger partial charge in [-0.1, -0.05) is 84.6 Å². The van der Waals surface area contributed by atoms with Gasteiger partial charge in [-0.25, -0.2) is 9.59 Å². The highest BCUT2D eigenvalue weighted by Crippen LogP contribution is 2.44. The molecule has 4 aliphatic rings. The van der Waals surface area contributed by atoms with Crippen LogP contribution >= 0.6 is 11.8 Å². The number of hydrogen-bond donors (Lipinski definition) is 2. The number of esters is 2. The van der Waals surface area contributed by atoms with Crippen LogP contribution in [0.3, 0.4) is 0 Å². The number of aliphatic hydroxyl groups excluding tert-OH is 2. The van der Waals surface area contributed by atoms with Crippen molar-refractivity contribution in [3.63, 3.8) is 0 Å². The van der Waals surface area contributed by atoms with E-state index >= 15 is 0 Å². The third kappa shape index (κ3) is 8.53. The molecule has 4 aliphatic heterocycles. The summed E-state index contributed by atoms with van der Waals surface area (Å²) in [7, 11) is 2.97. The fourth-order valence-electron chi connectivity index (χ4n) is 7.19. The van der Waals surface area contributed by atoms with Gasteiger partial charge in [0.15, 0.2) is 24.8 Å². The van der Waals surface area contributed by atoms with Crippen LogP contribution in [-0.2, 0) is 37.9 Å². The third-order valence-corrected chi connectivity index (χ3v) is 11.4. The minimum absolute atomic E-state index is 0.0311. The van der Waals surface area contributed by atoms with Crippen molar-refractivity contribution < 1.29 is 67.2 Å². The van der Waals surface area contributed by atoms with E-state index in [0.29, 0.717) is 11.5 Å². The normalized spacial score (nSPS) is 32.2. The maximum atomic E-state index is 13.6. The molecule has 0 saturated carbocycles. The van der Waals surface area contributed by atoms with E-state index in [1.165, 1.54) is 26.4 Å². The molecule has 0 amide bonds. The van der Waals surface area contributed by atoms with Gasteiger partial charge in [-0.2, -0.15) is 0 Å². The summed E-state index contributed by atoms with van der Waals surface area (Å²) in [6.07, 6.45) is -10.6. The quantitative estimate of drug-likeness (QED) is 0.214. The largest absolute Gasteiger partial charge is 0.497 e. The first-order valence-corrected chi connectivity index (χ1v) is 19.4. The van der Waals surface area contributed by atoms with Crippen molar-refractivity contribution in [1.29, 1.82) is 0 Å². The molecule has 57 heavy (non-hydrogen) atoms. The Balaban J connectivity index is 1.05. The van der Waals surface area contributed by atoms with Crippen molar-refractivity contribution in [3.8, 4) is 11.5 Å². The number of carbonyl (C=O) groups is 2. The van der Waals surface area contributed by atoms with E-state index in [9.17, 15) is 19.8 Å². The van der Waals surface area contributed by atoms with Gasteiger partial charge in [-0.15, -0.1) is 0 Å². The van der Waals surface area contributed by atoms with Gasteiger partial charge in [0.25, 0.3) is 0 Å². The number of aliphatic hydroxyl groups is 2. The number of thioether (sulfide) groups is 1. The summed E-state index contributed by atoms with van der Waals surface area (Å²) in [5, 5.41) is 24.0. The topological polar surface area (TPSA) is 167 Å². The van der Waals surface area contributed by atoms with Gasteiger partial charge in [-0.3, -0.25) is 0 Å². The van der Waals surface area contributed by atoms with E-state index in [1.54, 1.807) is 36.4 Å². The predicted octanol–water partition coefficient (Wildman–Crippen LogP) is 4.59. The molecule has 4 aromatic carbocycles. The molecule has 0 aliphatic carbocycles. The summed E-state index contributed by atoms with van der Waals surface area (Å²) in [6.45, 7) is 0.0622. The second-order valence-corrected chi connectivity index (χ2v) is 15.0. The van der Waals surface area contributed by atoms with Gasteiger partial charge in [-0.05, 0) is 36.4 Å². The summed E-state index contributed by atoms with van der Waals surface area (Å²) in [6, 6.07) is 31.4. The minimum atomic E-state index is -1.49. The number of rotatable bonds is 10. The highest BCUT2D eigenvalue weighted by Gasteiger charge is 2.56. The summed E-state index contributed by atoms with van der Waals surface area (Å²) >= 11 is 0.940. The molecule has 0 radical (unpaired) electrons. The Kier molecular flexibility index (Phi) is 12.1. The molecule has 300 valence electrons. The Labute approximate surface area is 332 Å². The van der Waals surface area contributed by atoms with Gasteiger partial charge in [0.1, 0.15) is 59.0 Å². The number of ether oxygens (including phenoxy) is 10. The first-order chi connectivity index (χ1) is 27.8. The lowest BCUT2D eigenvalue weighted by Gasteiger charge is -2.50. The molecule has 12 atom stereocenters. The van der Waals surface area contributed by atoms with Crippen LogP contribution in [0.4, 0.5) is 0 Å². The van der Waals surface area contributed by atoms with Gasteiger partial charge in [0, 0.05) is 11.1 Å². The zero-order chi connectivity index (χ0) is 39.5. The predicted molar refractivity (Wildman–Crippen MR) is 201 cm³/mol. The first kappa shape index (κ1) is 39.3. The standard InChI is InChI=1S/C42H42O14S/c1-47-27-17-9-15-25(19-27)37(45)53-35-31(43)41(51-29-21-49-39(55-33(29)35)23-11-5-3-6-12-23)57-42-32(44)36(54-38(46)26-16-10-18-28(20-26)48-2)34-30(52-42)22-50-40(56-34)24-13-7-4-8-14-24/h3-20,29-36,39-44H,21-22H2,1-2H3/t29-,30-,31-,32-,33+,34+,35-,36-,39+,40+,41+,42+/m1/s1. The molecule has 4 heterocycles. The zero-order valence-corrected chi connectivity index (χ0v) is 31.8. The SMILES string of the molecule is COc1cccc(C(=O)O[C@@H]2[C@@H](O)[C@H](S[C@@H]3O[C@@H]4CO[C@H](c5ccccc5)O[C@@H]4[C@H](OC(=O)c4cccc(OC)c4)[C@H]3O)O[C@@H]3CO[C@H](c4ccccc4)O[C@H]23)c1. The lowest BCUT2D eigenvalue weighted by molar-refractivity contribution is -0.321. The van der Waals surface area contributed by atoms with E-state index in [2.05, 4.69) is 0 Å². The summed E-state index contributed by atoms with van der Waals surface area (Å²) in [5.41, 5.74) is -0.441. The second kappa shape index (κ2) is 17.5. The molecule has 0 spiro atoms. The summed E-state index contributed by atoms with van der Waals surface area (Å²) in [5.74, 6) is -0.549. The molecule has 8 rings (SSSR count). The molecular weight excluding hydrogens is 761 g/mol. The van der Waals surface area contributed by atoms with Crippen molar-refractivity contribution in [2.24, 2.45) is 0 Å². The molecule has 0 bridgehead atoms. The van der Waals surface area contributed by atoms with E-state index in [4.69, 9.17) is 47.4 Å². The van der Waals surface area contributed by atoms with Crippen molar-refractivity contribution in [1.82, 2.24) is 0 Å². The smallest absolute Gasteiger partial charge is 0.338 e. The maximum absolute atomic E-state index is 13.6. The van der Waals surface area contributed by atoms with Gasteiger partial charge in [0.2, 0.25) is 0 Å². The highest BCUT2D eigenvalue weighted by molar-refractivity contribution is 8.00. The number of methoxy groups -OCH3 is 2. The van der Waals surface area contributed by atoms with Crippen LogP contribution in [0.25, 0.3) is 0 Å². The van der Waals surface area contributed by atoms with Gasteiger partial charge >= 0.3 is 11.9 Å². The van der Waals surface area contributed by atoms with E-state index < -0.39 is 84.2 Å². The van der Waals surface area contributed by atoms with Crippen LogP contribution in [-0.4, -0.2) is 109 Å². The van der Waals surface area contributed by atoms with Crippen molar-refractivity contribution in [2.75, 3.05) is 27.4 Å². The van der Waals surface area contributed by atoms with Crippen LogP contribution in [0.1, 0.15) is 44.4 Å². The van der Waals surface area contributed by atoms with E-state index in [1.807, 2.05) is 60.7 Å². The van der Waals surface area contributed by atoms with Gasteiger partial charge < -0.3 is 57.6 Å². The fourth-order valence-corrected chi connectivity index (χ4v) is 8.50. The average Bonchev–Trinajstić information content (AvgIpc) is 3.26. The lowest BCUT2D eigenvalue weighted by atomic mass is 9.98. The van der Waals surface area contributed by atoms with Crippen LogP contribution in [0.15, 0.2) is 109 Å². The highest BCUT2D eigenvalue weighted by atomic mass is 32.2.